The van der Waals surface area contributed by atoms with Crippen molar-refractivity contribution in [2.24, 2.45) is 0 Å². The minimum absolute atomic E-state index is 0.926. The number of nitrogens with zero attached hydrogens (tertiary/aromatic N) is 1. The van der Waals surface area contributed by atoms with Crippen LogP contribution in [0, 0.1) is 3.57 Å². The van der Waals surface area contributed by atoms with Gasteiger partial charge in [-0.2, -0.15) is 0 Å². The highest BCUT2D eigenvalue weighted by Crippen LogP contribution is 2.19. The van der Waals surface area contributed by atoms with Crippen LogP contribution in [0.2, 0.25) is 0 Å². The number of hydrogen-bond acceptors (Lipinski definition) is 2. The Morgan fingerprint density at radius 3 is 2.88 bits per heavy atom. The third-order valence-electron chi connectivity index (χ3n) is 2.53. The van der Waals surface area contributed by atoms with Gasteiger partial charge in [-0.1, -0.05) is 22.9 Å². The quantitative estimate of drug-likeness (QED) is 0.587. The molecule has 0 aliphatic carbocycles. The summed E-state index contributed by atoms with van der Waals surface area (Å²) in [5.41, 5.74) is 1.33. The molecule has 0 spiro atoms. The summed E-state index contributed by atoms with van der Waals surface area (Å²) in [7, 11) is 2.14. The summed E-state index contributed by atoms with van der Waals surface area (Å²) in [5.74, 6) is 0. The number of nitrogens with one attached hydrogen (secondary N) is 1. The van der Waals surface area contributed by atoms with Gasteiger partial charge in [-0.05, 0) is 59.9 Å². The van der Waals surface area contributed by atoms with Gasteiger partial charge in [0, 0.05) is 27.7 Å². The van der Waals surface area contributed by atoms with Crippen molar-refractivity contribution < 1.29 is 0 Å². The normalized spacial score (nSPS) is 11.1. The SMILES string of the molecule is CCN(C)CCNCc1cc(I)ccc1Br. The molecule has 0 saturated heterocycles. The van der Waals surface area contributed by atoms with Crippen molar-refractivity contribution in [3.63, 3.8) is 0 Å². The zero-order chi connectivity index (χ0) is 12.0. The molecule has 2 nitrogen and oxygen atoms in total. The van der Waals surface area contributed by atoms with Gasteiger partial charge >= 0.3 is 0 Å². The summed E-state index contributed by atoms with van der Waals surface area (Å²) >= 11 is 5.91. The Bertz CT molecular complexity index is 331. The molecule has 1 N–H and O–H groups in total. The topological polar surface area (TPSA) is 15.3 Å². The fourth-order valence-corrected chi connectivity index (χ4v) is 2.27. The Hall–Kier alpha value is 0.350. The molecule has 0 bridgehead atoms. The van der Waals surface area contributed by atoms with Gasteiger partial charge in [0.25, 0.3) is 0 Å². The Balaban J connectivity index is 2.34. The van der Waals surface area contributed by atoms with Crippen molar-refractivity contribution in [3.05, 3.63) is 31.8 Å². The first kappa shape index (κ1) is 14.4. The molecule has 0 radical (unpaired) electrons. The summed E-state index contributed by atoms with van der Waals surface area (Å²) in [6.45, 7) is 6.33. The molecule has 90 valence electrons. The van der Waals surface area contributed by atoms with Gasteiger partial charge in [0.15, 0.2) is 0 Å². The molecule has 0 aliphatic heterocycles. The number of halogens is 2. The van der Waals surface area contributed by atoms with E-state index < -0.39 is 0 Å². The summed E-state index contributed by atoms with van der Waals surface area (Å²) in [6.07, 6.45) is 0. The fourth-order valence-electron chi connectivity index (χ4n) is 1.33. The summed E-state index contributed by atoms with van der Waals surface area (Å²) < 4.78 is 2.47. The van der Waals surface area contributed by atoms with Crippen LogP contribution in [0.25, 0.3) is 0 Å². The maximum Gasteiger partial charge on any atom is 0.0220 e. The largest absolute Gasteiger partial charge is 0.311 e. The van der Waals surface area contributed by atoms with Crippen LogP contribution in [0.4, 0.5) is 0 Å². The minimum Gasteiger partial charge on any atom is -0.311 e. The highest BCUT2D eigenvalue weighted by molar-refractivity contribution is 14.1. The first-order chi connectivity index (χ1) is 7.63. The van der Waals surface area contributed by atoms with Crippen molar-refractivity contribution in [1.82, 2.24) is 10.2 Å². The van der Waals surface area contributed by atoms with E-state index in [1.165, 1.54) is 13.6 Å². The molecule has 0 saturated carbocycles. The Labute approximate surface area is 120 Å². The average Bonchev–Trinajstić information content (AvgIpc) is 2.28. The lowest BCUT2D eigenvalue weighted by atomic mass is 10.2. The van der Waals surface area contributed by atoms with E-state index in [0.717, 1.165) is 26.2 Å². The molecule has 16 heavy (non-hydrogen) atoms. The Morgan fingerprint density at radius 1 is 1.44 bits per heavy atom. The predicted octanol–water partition coefficient (Wildman–Crippen LogP) is 3.10. The van der Waals surface area contributed by atoms with Gasteiger partial charge in [0.1, 0.15) is 0 Å². The molecule has 1 aromatic rings. The van der Waals surface area contributed by atoms with Crippen LogP contribution in [0.3, 0.4) is 0 Å². The van der Waals surface area contributed by atoms with E-state index in [1.807, 2.05) is 0 Å². The lowest BCUT2D eigenvalue weighted by Crippen LogP contribution is -2.28. The summed E-state index contributed by atoms with van der Waals surface area (Å²) in [6, 6.07) is 6.43. The lowest BCUT2D eigenvalue weighted by Gasteiger charge is -2.14. The second-order valence-corrected chi connectivity index (χ2v) is 5.91. The van der Waals surface area contributed by atoms with Crippen molar-refractivity contribution >= 4 is 38.5 Å². The van der Waals surface area contributed by atoms with Crippen molar-refractivity contribution in [1.29, 1.82) is 0 Å². The van der Waals surface area contributed by atoms with Crippen LogP contribution < -0.4 is 5.32 Å². The van der Waals surface area contributed by atoms with E-state index >= 15 is 0 Å². The van der Waals surface area contributed by atoms with Crippen LogP contribution in [0.1, 0.15) is 12.5 Å². The van der Waals surface area contributed by atoms with Gasteiger partial charge in [0.2, 0.25) is 0 Å². The van der Waals surface area contributed by atoms with Crippen LogP contribution >= 0.6 is 38.5 Å². The monoisotopic (exact) mass is 396 g/mol. The molecule has 0 amide bonds. The molecule has 4 heteroatoms. The van der Waals surface area contributed by atoms with Crippen LogP contribution in [0.5, 0.6) is 0 Å². The van der Waals surface area contributed by atoms with Gasteiger partial charge in [0.05, 0.1) is 0 Å². The first-order valence-corrected chi connectivity index (χ1v) is 7.34. The molecule has 0 aromatic heterocycles. The maximum atomic E-state index is 3.57. The average molecular weight is 397 g/mol. The van der Waals surface area contributed by atoms with Crippen molar-refractivity contribution in [2.75, 3.05) is 26.7 Å². The van der Waals surface area contributed by atoms with Crippen LogP contribution in [0.15, 0.2) is 22.7 Å². The smallest absolute Gasteiger partial charge is 0.0220 e. The standard InChI is InChI=1S/C12H18BrIN2/c1-3-16(2)7-6-15-9-10-8-11(14)4-5-12(10)13/h4-5,8,15H,3,6-7,9H2,1-2H3. The van der Waals surface area contributed by atoms with Gasteiger partial charge < -0.3 is 10.2 Å². The summed E-state index contributed by atoms with van der Waals surface area (Å²) in [4.78, 5) is 2.30. The molecule has 0 aliphatic rings. The zero-order valence-electron chi connectivity index (χ0n) is 9.76. The maximum absolute atomic E-state index is 3.57. The fraction of sp³-hybridized carbons (Fsp3) is 0.500. The summed E-state index contributed by atoms with van der Waals surface area (Å²) in [5, 5.41) is 3.46. The van der Waals surface area contributed by atoms with Crippen molar-refractivity contribution in [2.45, 2.75) is 13.5 Å². The molecule has 0 atom stereocenters. The van der Waals surface area contributed by atoms with Gasteiger partial charge in [-0.15, -0.1) is 0 Å². The van der Waals surface area contributed by atoms with Gasteiger partial charge in [-0.3, -0.25) is 0 Å². The minimum atomic E-state index is 0.926. The van der Waals surface area contributed by atoms with E-state index in [9.17, 15) is 0 Å². The van der Waals surface area contributed by atoms with Crippen LogP contribution in [-0.4, -0.2) is 31.6 Å². The number of rotatable bonds is 6. The zero-order valence-corrected chi connectivity index (χ0v) is 13.5. The molecule has 0 fully saturated rings. The number of likely N-dealkylation sites (N-methyl/N-ethyl adjacent to an activating group) is 1. The molecular weight excluding hydrogens is 379 g/mol. The van der Waals surface area contributed by atoms with E-state index in [4.69, 9.17) is 0 Å². The van der Waals surface area contributed by atoms with Crippen molar-refractivity contribution in [3.8, 4) is 0 Å². The highest BCUT2D eigenvalue weighted by Gasteiger charge is 2.00. The molecule has 0 heterocycles. The van der Waals surface area contributed by atoms with E-state index in [-0.39, 0.29) is 0 Å². The third-order valence-corrected chi connectivity index (χ3v) is 3.98. The first-order valence-electron chi connectivity index (χ1n) is 5.46. The second kappa shape index (κ2) is 7.63. The molecule has 0 unspecified atom stereocenters. The molecule has 1 rings (SSSR count). The van der Waals surface area contributed by atoms with E-state index in [1.54, 1.807) is 0 Å². The second-order valence-electron chi connectivity index (χ2n) is 3.81. The number of hydrogen-bond donors (Lipinski definition) is 1. The lowest BCUT2D eigenvalue weighted by molar-refractivity contribution is 0.349. The van der Waals surface area contributed by atoms with Crippen LogP contribution in [-0.2, 0) is 6.54 Å². The number of benzene rings is 1. The Morgan fingerprint density at radius 2 is 2.19 bits per heavy atom. The van der Waals surface area contributed by atoms with E-state index in [2.05, 4.69) is 80.9 Å². The molecular formula is C12H18BrIN2. The Kier molecular flexibility index (Phi) is 6.87. The predicted molar refractivity (Wildman–Crippen MR) is 81.7 cm³/mol. The van der Waals surface area contributed by atoms with Gasteiger partial charge in [-0.25, -0.2) is 0 Å². The van der Waals surface area contributed by atoms with E-state index in [0.29, 0.717) is 0 Å². The third kappa shape index (κ3) is 5.12. The molecule has 1 aromatic carbocycles. The highest BCUT2D eigenvalue weighted by atomic mass is 127.